The van der Waals surface area contributed by atoms with Gasteiger partial charge in [-0.05, 0) is 12.1 Å². The summed E-state index contributed by atoms with van der Waals surface area (Å²) in [5.41, 5.74) is 6.95. The van der Waals surface area contributed by atoms with Crippen molar-refractivity contribution in [3.63, 3.8) is 0 Å². The molecule has 0 aliphatic heterocycles. The van der Waals surface area contributed by atoms with Gasteiger partial charge in [0, 0.05) is 10.3 Å². The maximum absolute atomic E-state index is 5.82. The molecular formula is C13H16N2S2. The number of nitrogens with zero attached hydrogens (tertiary/aromatic N) is 1. The summed E-state index contributed by atoms with van der Waals surface area (Å²) >= 11 is 3.30. The number of thiazole rings is 1. The van der Waals surface area contributed by atoms with Crippen LogP contribution in [0.15, 0.2) is 39.4 Å². The topological polar surface area (TPSA) is 38.9 Å². The van der Waals surface area contributed by atoms with Gasteiger partial charge in [-0.15, -0.1) is 0 Å². The highest BCUT2D eigenvalue weighted by atomic mass is 32.2. The van der Waals surface area contributed by atoms with Gasteiger partial charge in [0.15, 0.2) is 5.13 Å². The maximum atomic E-state index is 5.82. The standard InChI is InChI=1S/C13H16N2S2/c1-13(2,3)10-11(17-12(14)15-10)16-9-7-5-4-6-8-9/h4-8H,1-3H3,(H2,14,15). The van der Waals surface area contributed by atoms with E-state index in [1.165, 1.54) is 9.10 Å². The number of anilines is 1. The fraction of sp³-hybridized carbons (Fsp3) is 0.308. The van der Waals surface area contributed by atoms with Crippen molar-refractivity contribution in [1.82, 2.24) is 4.98 Å². The zero-order chi connectivity index (χ0) is 12.5. The van der Waals surface area contributed by atoms with Gasteiger partial charge in [0.05, 0.1) is 9.90 Å². The maximum Gasteiger partial charge on any atom is 0.181 e. The van der Waals surface area contributed by atoms with Gasteiger partial charge in [0.1, 0.15) is 0 Å². The van der Waals surface area contributed by atoms with Gasteiger partial charge >= 0.3 is 0 Å². The Hall–Kier alpha value is -1.00. The minimum Gasteiger partial charge on any atom is -0.375 e. The molecule has 0 unspecified atom stereocenters. The van der Waals surface area contributed by atoms with E-state index in [9.17, 15) is 0 Å². The van der Waals surface area contributed by atoms with E-state index in [4.69, 9.17) is 5.73 Å². The van der Waals surface area contributed by atoms with E-state index < -0.39 is 0 Å². The van der Waals surface area contributed by atoms with Crippen LogP contribution >= 0.6 is 23.1 Å². The first-order valence-electron chi connectivity index (χ1n) is 5.46. The zero-order valence-electron chi connectivity index (χ0n) is 10.2. The molecular weight excluding hydrogens is 248 g/mol. The Morgan fingerprint density at radius 3 is 2.41 bits per heavy atom. The predicted octanol–water partition coefficient (Wildman–Crippen LogP) is 4.17. The number of aromatic nitrogens is 1. The van der Waals surface area contributed by atoms with Crippen LogP contribution in [0.5, 0.6) is 0 Å². The molecule has 1 aromatic carbocycles. The van der Waals surface area contributed by atoms with Gasteiger partial charge in [-0.2, -0.15) is 0 Å². The lowest BCUT2D eigenvalue weighted by atomic mass is 9.93. The van der Waals surface area contributed by atoms with Crippen LogP contribution in [0.25, 0.3) is 0 Å². The summed E-state index contributed by atoms with van der Waals surface area (Å²) in [7, 11) is 0. The molecule has 90 valence electrons. The monoisotopic (exact) mass is 264 g/mol. The van der Waals surface area contributed by atoms with Crippen LogP contribution in [-0.2, 0) is 5.41 Å². The Bertz CT molecular complexity index is 498. The molecule has 0 radical (unpaired) electrons. The van der Waals surface area contributed by atoms with Crippen molar-refractivity contribution >= 4 is 28.2 Å². The van der Waals surface area contributed by atoms with Crippen LogP contribution in [0.3, 0.4) is 0 Å². The Balaban J connectivity index is 2.33. The first kappa shape index (κ1) is 12.5. The third-order valence-electron chi connectivity index (χ3n) is 2.28. The smallest absolute Gasteiger partial charge is 0.181 e. The molecule has 2 rings (SSSR count). The summed E-state index contributed by atoms with van der Waals surface area (Å²) in [5.74, 6) is 0. The molecule has 17 heavy (non-hydrogen) atoms. The summed E-state index contributed by atoms with van der Waals surface area (Å²) in [6.07, 6.45) is 0. The van der Waals surface area contributed by atoms with E-state index in [1.54, 1.807) is 23.1 Å². The quantitative estimate of drug-likeness (QED) is 0.884. The van der Waals surface area contributed by atoms with Gasteiger partial charge in [-0.1, -0.05) is 62.1 Å². The lowest BCUT2D eigenvalue weighted by molar-refractivity contribution is 0.563. The average molecular weight is 264 g/mol. The van der Waals surface area contributed by atoms with E-state index >= 15 is 0 Å². The van der Waals surface area contributed by atoms with Crippen LogP contribution < -0.4 is 5.73 Å². The van der Waals surface area contributed by atoms with Crippen LogP contribution in [0, 0.1) is 0 Å². The first-order chi connectivity index (χ1) is 7.97. The number of hydrogen-bond donors (Lipinski definition) is 1. The van der Waals surface area contributed by atoms with Gasteiger partial charge in [-0.3, -0.25) is 0 Å². The van der Waals surface area contributed by atoms with Crippen LogP contribution in [0.2, 0.25) is 0 Å². The second-order valence-electron chi connectivity index (χ2n) is 4.85. The number of rotatable bonds is 2. The summed E-state index contributed by atoms with van der Waals surface area (Å²) in [6.45, 7) is 6.49. The van der Waals surface area contributed by atoms with Crippen LogP contribution in [0.1, 0.15) is 26.5 Å². The van der Waals surface area contributed by atoms with Gasteiger partial charge in [-0.25, -0.2) is 4.98 Å². The van der Waals surface area contributed by atoms with E-state index in [-0.39, 0.29) is 5.41 Å². The summed E-state index contributed by atoms with van der Waals surface area (Å²) in [5, 5.41) is 0.647. The van der Waals surface area contributed by atoms with Crippen molar-refractivity contribution in [2.75, 3.05) is 5.73 Å². The molecule has 1 heterocycles. The largest absolute Gasteiger partial charge is 0.375 e. The molecule has 0 atom stereocenters. The number of hydrogen-bond acceptors (Lipinski definition) is 4. The molecule has 0 saturated heterocycles. The Morgan fingerprint density at radius 1 is 1.18 bits per heavy atom. The number of nitrogen functional groups attached to an aromatic ring is 1. The fourth-order valence-electron chi connectivity index (χ4n) is 1.46. The molecule has 0 bridgehead atoms. The molecule has 1 aromatic heterocycles. The highest BCUT2D eigenvalue weighted by Crippen LogP contribution is 2.40. The van der Waals surface area contributed by atoms with Crippen molar-refractivity contribution in [3.05, 3.63) is 36.0 Å². The SMILES string of the molecule is CC(C)(C)c1nc(N)sc1Sc1ccccc1. The third-order valence-corrected chi connectivity index (χ3v) is 4.34. The Kier molecular flexibility index (Phi) is 3.45. The van der Waals surface area contributed by atoms with E-state index in [2.05, 4.69) is 37.9 Å². The van der Waals surface area contributed by atoms with E-state index in [0.717, 1.165) is 5.69 Å². The lowest BCUT2D eigenvalue weighted by Crippen LogP contribution is -2.12. The van der Waals surface area contributed by atoms with Crippen LogP contribution in [-0.4, -0.2) is 4.98 Å². The molecule has 4 heteroatoms. The highest BCUT2D eigenvalue weighted by molar-refractivity contribution is 8.01. The van der Waals surface area contributed by atoms with Gasteiger partial charge < -0.3 is 5.73 Å². The molecule has 0 spiro atoms. The molecule has 0 aliphatic carbocycles. The summed E-state index contributed by atoms with van der Waals surface area (Å²) < 4.78 is 1.20. The minimum atomic E-state index is 0.0330. The van der Waals surface area contributed by atoms with Crippen molar-refractivity contribution in [2.45, 2.75) is 35.3 Å². The molecule has 0 amide bonds. The average Bonchev–Trinajstić information content (AvgIpc) is 2.60. The third kappa shape index (κ3) is 3.01. The van der Waals surface area contributed by atoms with E-state index in [0.29, 0.717) is 5.13 Å². The first-order valence-corrected chi connectivity index (χ1v) is 7.10. The number of nitrogens with two attached hydrogens (primary N) is 1. The van der Waals surface area contributed by atoms with E-state index in [1.807, 2.05) is 18.2 Å². The van der Waals surface area contributed by atoms with Gasteiger partial charge in [0.25, 0.3) is 0 Å². The lowest BCUT2D eigenvalue weighted by Gasteiger charge is -2.17. The normalized spacial score (nSPS) is 11.7. The van der Waals surface area contributed by atoms with Crippen molar-refractivity contribution in [3.8, 4) is 0 Å². The number of benzene rings is 1. The second kappa shape index (κ2) is 4.70. The van der Waals surface area contributed by atoms with Crippen molar-refractivity contribution in [2.24, 2.45) is 0 Å². The molecule has 2 N–H and O–H groups in total. The summed E-state index contributed by atoms with van der Waals surface area (Å²) in [4.78, 5) is 5.68. The van der Waals surface area contributed by atoms with Crippen LogP contribution in [0.4, 0.5) is 5.13 Å². The molecule has 2 aromatic rings. The molecule has 0 saturated carbocycles. The predicted molar refractivity (Wildman–Crippen MR) is 75.8 cm³/mol. The highest BCUT2D eigenvalue weighted by Gasteiger charge is 2.23. The fourth-order valence-corrected chi connectivity index (χ4v) is 3.90. The molecule has 2 nitrogen and oxygen atoms in total. The second-order valence-corrected chi connectivity index (χ2v) is 7.23. The summed E-state index contributed by atoms with van der Waals surface area (Å²) in [6, 6.07) is 10.3. The van der Waals surface area contributed by atoms with Gasteiger partial charge in [0.2, 0.25) is 0 Å². The molecule has 0 aliphatic rings. The Labute approximate surface area is 110 Å². The zero-order valence-corrected chi connectivity index (χ0v) is 11.9. The Morgan fingerprint density at radius 2 is 1.82 bits per heavy atom. The van der Waals surface area contributed by atoms with Crippen molar-refractivity contribution < 1.29 is 0 Å². The molecule has 0 fully saturated rings. The minimum absolute atomic E-state index is 0.0330. The van der Waals surface area contributed by atoms with Crippen molar-refractivity contribution in [1.29, 1.82) is 0 Å².